The molecule has 1 atom stereocenters. The van der Waals surface area contributed by atoms with Gasteiger partial charge in [0.1, 0.15) is 11.9 Å². The van der Waals surface area contributed by atoms with Crippen molar-refractivity contribution in [2.45, 2.75) is 45.7 Å². The minimum Gasteiger partial charge on any atom is -0.349 e. The second-order valence-corrected chi connectivity index (χ2v) is 8.79. The third kappa shape index (κ3) is 5.52. The van der Waals surface area contributed by atoms with E-state index in [2.05, 4.69) is 14.9 Å². The predicted molar refractivity (Wildman–Crippen MR) is 120 cm³/mol. The first kappa shape index (κ1) is 22.6. The van der Waals surface area contributed by atoms with E-state index in [9.17, 15) is 14.0 Å². The van der Waals surface area contributed by atoms with Gasteiger partial charge >= 0.3 is 0 Å². The van der Waals surface area contributed by atoms with Crippen LogP contribution in [-0.4, -0.2) is 26.9 Å². The summed E-state index contributed by atoms with van der Waals surface area (Å²) < 4.78 is 17.4. The van der Waals surface area contributed by atoms with Crippen LogP contribution in [-0.2, 0) is 11.2 Å². The van der Waals surface area contributed by atoms with Gasteiger partial charge < -0.3 is 5.32 Å². The molecule has 31 heavy (non-hydrogen) atoms. The maximum absolute atomic E-state index is 13.6. The van der Waals surface area contributed by atoms with Gasteiger partial charge in [-0.15, -0.1) is 5.10 Å². The third-order valence-corrected chi connectivity index (χ3v) is 5.12. The Kier molecular flexibility index (Phi) is 6.80. The van der Waals surface area contributed by atoms with Crippen LogP contribution in [0.5, 0.6) is 0 Å². The van der Waals surface area contributed by atoms with Crippen LogP contribution in [0, 0.1) is 5.82 Å². The number of anilines is 1. The number of aromatic nitrogens is 2. The van der Waals surface area contributed by atoms with Crippen molar-refractivity contribution in [3.63, 3.8) is 0 Å². The van der Waals surface area contributed by atoms with Gasteiger partial charge in [-0.1, -0.05) is 35.7 Å². The number of carbonyl (C=O) groups excluding carboxylic acids is 2. The molecular formula is C23H25FN4O2S. The van der Waals surface area contributed by atoms with E-state index in [4.69, 9.17) is 0 Å². The zero-order valence-electron chi connectivity index (χ0n) is 17.9. The quantitative estimate of drug-likeness (QED) is 0.611. The lowest BCUT2D eigenvalue weighted by Crippen LogP contribution is -2.49. The molecule has 6 nitrogen and oxygen atoms in total. The summed E-state index contributed by atoms with van der Waals surface area (Å²) in [6.07, 6.45) is 0.851. The van der Waals surface area contributed by atoms with Crippen LogP contribution in [0.3, 0.4) is 0 Å². The molecule has 1 heterocycles. The summed E-state index contributed by atoms with van der Waals surface area (Å²) in [6.45, 7) is 7.66. The Morgan fingerprint density at radius 3 is 2.26 bits per heavy atom. The van der Waals surface area contributed by atoms with Crippen molar-refractivity contribution in [1.29, 1.82) is 0 Å². The topological polar surface area (TPSA) is 75.2 Å². The molecule has 162 valence electrons. The molecule has 3 rings (SSSR count). The van der Waals surface area contributed by atoms with Crippen LogP contribution in [0.15, 0.2) is 53.9 Å². The van der Waals surface area contributed by atoms with Crippen molar-refractivity contribution < 1.29 is 14.0 Å². The molecule has 0 radical (unpaired) electrons. The highest BCUT2D eigenvalue weighted by atomic mass is 32.1. The van der Waals surface area contributed by atoms with E-state index in [0.717, 1.165) is 23.5 Å². The first-order valence-corrected chi connectivity index (χ1v) is 10.8. The molecule has 0 aliphatic carbocycles. The molecule has 1 N–H and O–H groups in total. The van der Waals surface area contributed by atoms with Crippen LogP contribution in [0.4, 0.5) is 10.1 Å². The molecule has 3 aromatic rings. The molecule has 8 heteroatoms. The lowest BCUT2D eigenvalue weighted by atomic mass is 9.99. The maximum Gasteiger partial charge on any atom is 0.280 e. The van der Waals surface area contributed by atoms with Crippen LogP contribution < -0.4 is 10.2 Å². The summed E-state index contributed by atoms with van der Waals surface area (Å²) in [5.41, 5.74) is 1.74. The fourth-order valence-electron chi connectivity index (χ4n) is 3.16. The van der Waals surface area contributed by atoms with Gasteiger partial charge in [-0.3, -0.25) is 14.5 Å². The third-order valence-electron chi connectivity index (χ3n) is 4.61. The fourth-order valence-corrected chi connectivity index (χ4v) is 3.59. The fraction of sp³-hybridized carbons (Fsp3) is 0.304. The van der Waals surface area contributed by atoms with Crippen LogP contribution in [0.2, 0.25) is 0 Å². The Morgan fingerprint density at radius 1 is 1.10 bits per heavy atom. The number of benzene rings is 2. The molecule has 0 aliphatic heterocycles. The standard InChI is InChI=1S/C23H25FN4O2S/c1-5-15-6-8-16(9-7-15)20(21(29)25-23(2,3)4)28(18-12-10-17(24)11-13-18)22(30)19-14-31-27-26-19/h6-14,20H,5H2,1-4H3,(H,25,29). The van der Waals surface area contributed by atoms with Gasteiger partial charge in [-0.25, -0.2) is 4.39 Å². The second kappa shape index (κ2) is 9.34. The van der Waals surface area contributed by atoms with Crippen molar-refractivity contribution in [2.24, 2.45) is 0 Å². The van der Waals surface area contributed by atoms with Crippen molar-refractivity contribution >= 4 is 29.0 Å². The zero-order valence-corrected chi connectivity index (χ0v) is 18.7. The minimum atomic E-state index is -0.982. The number of carbonyl (C=O) groups is 2. The molecule has 2 aromatic carbocycles. The molecule has 0 saturated carbocycles. The number of nitrogens with zero attached hydrogens (tertiary/aromatic N) is 3. The predicted octanol–water partition coefficient (Wildman–Crippen LogP) is 4.54. The highest BCUT2D eigenvalue weighted by Crippen LogP contribution is 2.30. The lowest BCUT2D eigenvalue weighted by Gasteiger charge is -2.33. The van der Waals surface area contributed by atoms with Gasteiger partial charge in [0.2, 0.25) is 5.91 Å². The highest BCUT2D eigenvalue weighted by Gasteiger charge is 2.35. The number of halogens is 1. The molecule has 0 saturated heterocycles. The SMILES string of the molecule is CCc1ccc(C(C(=O)NC(C)(C)C)N(C(=O)c2csnn2)c2ccc(F)cc2)cc1. The van der Waals surface area contributed by atoms with E-state index in [1.807, 2.05) is 52.0 Å². The van der Waals surface area contributed by atoms with Crippen molar-refractivity contribution in [1.82, 2.24) is 14.9 Å². The van der Waals surface area contributed by atoms with Crippen LogP contribution >= 0.6 is 11.5 Å². The van der Waals surface area contributed by atoms with Crippen molar-refractivity contribution in [3.8, 4) is 0 Å². The largest absolute Gasteiger partial charge is 0.349 e. The van der Waals surface area contributed by atoms with Gasteiger partial charge in [-0.2, -0.15) is 0 Å². The maximum atomic E-state index is 13.6. The van der Waals surface area contributed by atoms with E-state index in [-0.39, 0.29) is 11.6 Å². The van der Waals surface area contributed by atoms with Gasteiger partial charge in [-0.05, 0) is 74.1 Å². The second-order valence-electron chi connectivity index (χ2n) is 8.18. The van der Waals surface area contributed by atoms with E-state index in [1.54, 1.807) is 0 Å². The molecule has 0 spiro atoms. The van der Waals surface area contributed by atoms with Crippen LogP contribution in [0.25, 0.3) is 0 Å². The Morgan fingerprint density at radius 2 is 1.74 bits per heavy atom. The summed E-state index contributed by atoms with van der Waals surface area (Å²) in [7, 11) is 0. The van der Waals surface area contributed by atoms with E-state index >= 15 is 0 Å². The van der Waals surface area contributed by atoms with Crippen molar-refractivity contribution in [3.05, 3.63) is 76.5 Å². The Bertz CT molecular complexity index is 1030. The molecule has 1 unspecified atom stereocenters. The number of hydrogen-bond acceptors (Lipinski definition) is 5. The number of nitrogens with one attached hydrogen (secondary N) is 1. The summed E-state index contributed by atoms with van der Waals surface area (Å²) in [4.78, 5) is 28.3. The molecule has 0 fully saturated rings. The lowest BCUT2D eigenvalue weighted by molar-refractivity contribution is -0.123. The number of rotatable bonds is 6. The van der Waals surface area contributed by atoms with Gasteiger partial charge in [0.25, 0.3) is 5.91 Å². The molecular weight excluding hydrogens is 415 g/mol. The van der Waals surface area contributed by atoms with E-state index in [0.29, 0.717) is 11.3 Å². The van der Waals surface area contributed by atoms with Gasteiger partial charge in [0.15, 0.2) is 5.69 Å². The monoisotopic (exact) mass is 440 g/mol. The summed E-state index contributed by atoms with van der Waals surface area (Å²) in [5.74, 6) is -1.28. The zero-order chi connectivity index (χ0) is 22.6. The first-order valence-electron chi connectivity index (χ1n) is 9.96. The Balaban J connectivity index is 2.16. The van der Waals surface area contributed by atoms with Gasteiger partial charge in [0, 0.05) is 16.6 Å². The Labute approximate surface area is 185 Å². The van der Waals surface area contributed by atoms with Gasteiger partial charge in [0.05, 0.1) is 0 Å². The smallest absolute Gasteiger partial charge is 0.280 e. The van der Waals surface area contributed by atoms with Crippen molar-refractivity contribution in [2.75, 3.05) is 4.90 Å². The highest BCUT2D eigenvalue weighted by molar-refractivity contribution is 7.03. The summed E-state index contributed by atoms with van der Waals surface area (Å²) >= 11 is 1.04. The van der Waals surface area contributed by atoms with Crippen LogP contribution in [0.1, 0.15) is 55.4 Å². The average Bonchev–Trinajstić information content (AvgIpc) is 3.26. The average molecular weight is 441 g/mol. The number of amides is 2. The Hall–Kier alpha value is -3.13. The molecule has 0 bridgehead atoms. The van der Waals surface area contributed by atoms with E-state index < -0.39 is 23.3 Å². The normalized spacial score (nSPS) is 12.3. The number of hydrogen-bond donors (Lipinski definition) is 1. The molecule has 1 aromatic heterocycles. The first-order chi connectivity index (χ1) is 14.7. The molecule has 0 aliphatic rings. The molecule has 2 amide bonds. The number of aryl methyl sites for hydroxylation is 1. The summed E-state index contributed by atoms with van der Waals surface area (Å²) in [6, 6.07) is 12.0. The van der Waals surface area contributed by atoms with E-state index in [1.165, 1.54) is 34.5 Å². The minimum absolute atomic E-state index is 0.119. The summed E-state index contributed by atoms with van der Waals surface area (Å²) in [5, 5.41) is 8.38.